The largest absolute Gasteiger partial charge is 0.496 e. The number of rotatable bonds is 4. The smallest absolute Gasteiger partial charge is 0.123 e. The minimum Gasteiger partial charge on any atom is -0.496 e. The number of methoxy groups -OCH3 is 1. The number of hydrogen-bond acceptors (Lipinski definition) is 1. The number of ether oxygens (including phenoxy) is 1. The molecule has 1 atom stereocenters. The van der Waals surface area contributed by atoms with Gasteiger partial charge in [0.1, 0.15) is 5.75 Å². The predicted molar refractivity (Wildman–Crippen MR) is 89.3 cm³/mol. The maximum atomic E-state index is 6.10. The molecule has 0 saturated carbocycles. The number of alkyl halides is 1. The standard InChI is InChI=1S/C17H18BrClO/c1-11(2)12-4-6-13(7-5-12)17(18)15-10-14(19)8-9-16(15)20-3/h4-11,17H,1-3H3. The van der Waals surface area contributed by atoms with Crippen LogP contribution in [0.2, 0.25) is 5.02 Å². The Labute approximate surface area is 134 Å². The molecule has 0 aliphatic heterocycles. The zero-order chi connectivity index (χ0) is 14.7. The first kappa shape index (κ1) is 15.4. The van der Waals surface area contributed by atoms with E-state index in [1.807, 2.05) is 18.2 Å². The van der Waals surface area contributed by atoms with Gasteiger partial charge in [0.05, 0.1) is 11.9 Å². The van der Waals surface area contributed by atoms with Crippen LogP contribution in [0.4, 0.5) is 0 Å². The summed E-state index contributed by atoms with van der Waals surface area (Å²) in [4.78, 5) is 0.0670. The third kappa shape index (κ3) is 3.36. The van der Waals surface area contributed by atoms with E-state index in [0.29, 0.717) is 10.9 Å². The summed E-state index contributed by atoms with van der Waals surface area (Å²) in [6, 6.07) is 14.3. The van der Waals surface area contributed by atoms with Gasteiger partial charge in [0.15, 0.2) is 0 Å². The number of halogens is 2. The number of benzene rings is 2. The molecule has 0 aromatic heterocycles. The van der Waals surface area contributed by atoms with Crippen LogP contribution >= 0.6 is 27.5 Å². The lowest BCUT2D eigenvalue weighted by Gasteiger charge is -2.16. The molecular formula is C17H18BrClO. The molecule has 2 rings (SSSR count). The van der Waals surface area contributed by atoms with Crippen molar-refractivity contribution in [2.45, 2.75) is 24.6 Å². The van der Waals surface area contributed by atoms with E-state index in [1.165, 1.54) is 11.1 Å². The Morgan fingerprint density at radius 2 is 1.60 bits per heavy atom. The fraction of sp³-hybridized carbons (Fsp3) is 0.294. The Kier molecular flexibility index (Phi) is 5.11. The van der Waals surface area contributed by atoms with Gasteiger partial charge < -0.3 is 4.74 Å². The van der Waals surface area contributed by atoms with E-state index in [0.717, 1.165) is 11.3 Å². The van der Waals surface area contributed by atoms with Crippen molar-refractivity contribution in [2.75, 3.05) is 7.11 Å². The second-order valence-electron chi connectivity index (χ2n) is 5.07. The summed E-state index contributed by atoms with van der Waals surface area (Å²) in [7, 11) is 1.67. The summed E-state index contributed by atoms with van der Waals surface area (Å²) < 4.78 is 5.42. The van der Waals surface area contributed by atoms with E-state index in [-0.39, 0.29) is 4.83 Å². The Morgan fingerprint density at radius 1 is 1.00 bits per heavy atom. The number of hydrogen-bond donors (Lipinski definition) is 0. The molecule has 0 heterocycles. The lowest BCUT2D eigenvalue weighted by atomic mass is 9.98. The lowest BCUT2D eigenvalue weighted by Crippen LogP contribution is -1.98. The predicted octanol–water partition coefficient (Wildman–Crippen LogP) is 5.96. The van der Waals surface area contributed by atoms with Gasteiger partial charge in [-0.1, -0.05) is 65.6 Å². The second-order valence-corrected chi connectivity index (χ2v) is 6.42. The van der Waals surface area contributed by atoms with Gasteiger partial charge in [-0.2, -0.15) is 0 Å². The van der Waals surface area contributed by atoms with Gasteiger partial charge in [-0.3, -0.25) is 0 Å². The van der Waals surface area contributed by atoms with Gasteiger partial charge in [-0.15, -0.1) is 0 Å². The molecule has 0 amide bonds. The average Bonchev–Trinajstić information content (AvgIpc) is 2.46. The summed E-state index contributed by atoms with van der Waals surface area (Å²) >= 11 is 9.84. The van der Waals surface area contributed by atoms with Crippen LogP contribution in [0.3, 0.4) is 0 Å². The van der Waals surface area contributed by atoms with Gasteiger partial charge in [-0.05, 0) is 35.2 Å². The van der Waals surface area contributed by atoms with Gasteiger partial charge >= 0.3 is 0 Å². The van der Waals surface area contributed by atoms with Crippen LogP contribution in [-0.4, -0.2) is 7.11 Å². The molecular weight excluding hydrogens is 336 g/mol. The first-order chi connectivity index (χ1) is 9.52. The highest BCUT2D eigenvalue weighted by Crippen LogP contribution is 2.38. The zero-order valence-corrected chi connectivity index (χ0v) is 14.2. The van der Waals surface area contributed by atoms with E-state index in [9.17, 15) is 0 Å². The van der Waals surface area contributed by atoms with Crippen molar-refractivity contribution in [1.29, 1.82) is 0 Å². The fourth-order valence-corrected chi connectivity index (χ4v) is 2.98. The molecule has 2 aromatic carbocycles. The third-order valence-corrected chi connectivity index (χ3v) is 4.62. The minimum atomic E-state index is 0.0670. The van der Waals surface area contributed by atoms with Crippen LogP contribution in [-0.2, 0) is 0 Å². The molecule has 1 nitrogen and oxygen atoms in total. The summed E-state index contributed by atoms with van der Waals surface area (Å²) in [6.45, 7) is 4.39. The molecule has 106 valence electrons. The molecule has 0 fully saturated rings. The van der Waals surface area contributed by atoms with Gasteiger partial charge in [0.2, 0.25) is 0 Å². The van der Waals surface area contributed by atoms with Crippen LogP contribution in [0.15, 0.2) is 42.5 Å². The monoisotopic (exact) mass is 352 g/mol. The van der Waals surface area contributed by atoms with Crippen molar-refractivity contribution in [3.8, 4) is 5.75 Å². The molecule has 0 saturated heterocycles. The van der Waals surface area contributed by atoms with E-state index < -0.39 is 0 Å². The topological polar surface area (TPSA) is 9.23 Å². The van der Waals surface area contributed by atoms with Crippen molar-refractivity contribution >= 4 is 27.5 Å². The molecule has 3 heteroatoms. The van der Waals surface area contributed by atoms with E-state index in [4.69, 9.17) is 16.3 Å². The molecule has 0 N–H and O–H groups in total. The SMILES string of the molecule is COc1ccc(Cl)cc1C(Br)c1ccc(C(C)C)cc1. The van der Waals surface area contributed by atoms with Crippen LogP contribution in [0, 0.1) is 0 Å². The highest BCUT2D eigenvalue weighted by molar-refractivity contribution is 9.09. The van der Waals surface area contributed by atoms with Gasteiger partial charge in [0, 0.05) is 10.6 Å². The molecule has 2 aromatic rings. The van der Waals surface area contributed by atoms with Gasteiger partial charge in [0.25, 0.3) is 0 Å². The molecule has 20 heavy (non-hydrogen) atoms. The highest BCUT2D eigenvalue weighted by atomic mass is 79.9. The second kappa shape index (κ2) is 6.64. The van der Waals surface area contributed by atoms with E-state index in [2.05, 4.69) is 54.0 Å². The fourth-order valence-electron chi connectivity index (χ4n) is 2.13. The van der Waals surface area contributed by atoms with Crippen LogP contribution in [0.25, 0.3) is 0 Å². The lowest BCUT2D eigenvalue weighted by molar-refractivity contribution is 0.410. The normalized spacial score (nSPS) is 12.5. The first-order valence-electron chi connectivity index (χ1n) is 6.60. The first-order valence-corrected chi connectivity index (χ1v) is 7.89. The molecule has 0 aliphatic rings. The van der Waals surface area contributed by atoms with Crippen molar-refractivity contribution in [1.82, 2.24) is 0 Å². The van der Waals surface area contributed by atoms with Crippen molar-refractivity contribution in [2.24, 2.45) is 0 Å². The maximum Gasteiger partial charge on any atom is 0.123 e. The maximum absolute atomic E-state index is 6.10. The Morgan fingerprint density at radius 3 is 2.15 bits per heavy atom. The van der Waals surface area contributed by atoms with Crippen LogP contribution in [0.5, 0.6) is 5.75 Å². The molecule has 0 radical (unpaired) electrons. The van der Waals surface area contributed by atoms with Gasteiger partial charge in [-0.25, -0.2) is 0 Å². The molecule has 0 aliphatic carbocycles. The summed E-state index contributed by atoms with van der Waals surface area (Å²) in [6.07, 6.45) is 0. The Hall–Kier alpha value is -0.990. The Bertz CT molecular complexity index is 578. The third-order valence-electron chi connectivity index (χ3n) is 3.36. The molecule has 1 unspecified atom stereocenters. The zero-order valence-electron chi connectivity index (χ0n) is 11.9. The highest BCUT2D eigenvalue weighted by Gasteiger charge is 2.16. The van der Waals surface area contributed by atoms with Crippen molar-refractivity contribution in [3.05, 3.63) is 64.2 Å². The molecule has 0 spiro atoms. The van der Waals surface area contributed by atoms with Crippen LogP contribution in [0.1, 0.15) is 41.3 Å². The van der Waals surface area contributed by atoms with E-state index in [1.54, 1.807) is 7.11 Å². The molecule has 0 bridgehead atoms. The van der Waals surface area contributed by atoms with Crippen molar-refractivity contribution in [3.63, 3.8) is 0 Å². The Balaban J connectivity index is 2.35. The summed E-state index contributed by atoms with van der Waals surface area (Å²) in [5.74, 6) is 1.38. The van der Waals surface area contributed by atoms with Crippen molar-refractivity contribution < 1.29 is 4.74 Å². The van der Waals surface area contributed by atoms with Crippen LogP contribution < -0.4 is 4.74 Å². The summed E-state index contributed by atoms with van der Waals surface area (Å²) in [5.41, 5.74) is 3.57. The average molecular weight is 354 g/mol. The van der Waals surface area contributed by atoms with E-state index >= 15 is 0 Å². The minimum absolute atomic E-state index is 0.0670. The summed E-state index contributed by atoms with van der Waals surface area (Å²) in [5, 5.41) is 0.712. The quantitative estimate of drug-likeness (QED) is 0.616.